The van der Waals surface area contributed by atoms with Gasteiger partial charge in [0.15, 0.2) is 30.0 Å². The van der Waals surface area contributed by atoms with Crippen LogP contribution in [0.25, 0.3) is 11.2 Å². The molecule has 14 atom stereocenters. The van der Waals surface area contributed by atoms with Gasteiger partial charge in [0, 0.05) is 81.6 Å². The summed E-state index contributed by atoms with van der Waals surface area (Å²) in [4.78, 5) is 144. The number of thioether (sulfide) groups is 1. The molecule has 6 heterocycles. The minimum atomic E-state index is -1.67. The largest absolute Gasteiger partial charge is 0.480 e. The van der Waals surface area contributed by atoms with Crippen molar-refractivity contribution in [1.29, 1.82) is 0 Å². The molecule has 0 bridgehead atoms. The van der Waals surface area contributed by atoms with Crippen LogP contribution in [0.4, 0.5) is 11.6 Å². The standard InChI is InChI=1S/C55H75N13O20S/c1-25-31(13-16-42(84-25)87-47-27(3)86-44(20-36(47)69)88-46-26(2)85-43(83-6)19-35(46)67(4)5)65-66-40(72)17-18-68-41(73)21-37(51(68)76)89-24-34(54(81)82)61-39(71)14-11-32(52(77)78)60-38(70)15-12-33(53(79)80)62-49(74)28-7-9-29(10-8-28)57-22-30-23-58-48-45(59-30)50(75)64-55(56)63-48/h7-10,23,25-27,32-37,42-44,46-47,57,69H,11-22,24H2,1-6H3,(H,60,70)(H,61,71)(H,62,74)(H,66,72)(H,77,78)(H,79,80)(H,81,82)(H3,56,58,63,64,75)/b65-31-/t25?,26?,27?,32?,33?,34?,35-,36-,37?,42+,43-,44+,46?,47?/m1/s1. The Bertz CT molecular complexity index is 3150. The SMILES string of the molecule is CO[C@H]1C[C@@H](N(C)C)C(O[C@H]2C[C@@H](O)C(O[C@H]3CC/C(=N/NC(=O)CCN4C(=O)CC(SCC(NC(=O)CCC(NC(=O)CCC(NC(=O)c5ccc(NCc6cnc7nc(N)[nH]c(=O)c7n6)cc5)C(=O)O)C(=O)O)C(=O)O)C4=O)C(C)O3)C(C)O2)C(C)O1. The molecule has 89 heavy (non-hydrogen) atoms. The average molecular weight is 1270 g/mol. The van der Waals surface area contributed by atoms with E-state index in [0.717, 1.165) is 16.7 Å². The number of fused-ring (bicyclic) bond motifs is 1. The van der Waals surface area contributed by atoms with Crippen LogP contribution in [0.1, 0.15) is 101 Å². The van der Waals surface area contributed by atoms with Gasteiger partial charge in [0.1, 0.15) is 30.3 Å². The number of methoxy groups -OCH3 is 1. The molecule has 1 aromatic carbocycles. The van der Waals surface area contributed by atoms with E-state index in [1.807, 2.05) is 25.9 Å². The number of amides is 6. The Morgan fingerprint density at radius 1 is 0.820 bits per heavy atom. The highest BCUT2D eigenvalue weighted by molar-refractivity contribution is 8.00. The van der Waals surface area contributed by atoms with Gasteiger partial charge < -0.3 is 80.7 Å². The molecule has 6 amide bonds. The van der Waals surface area contributed by atoms with Gasteiger partial charge in [-0.15, -0.1) is 11.8 Å². The molecule has 4 saturated heterocycles. The van der Waals surface area contributed by atoms with E-state index in [1.165, 1.54) is 30.5 Å². The summed E-state index contributed by atoms with van der Waals surface area (Å²) in [5, 5.41) is 53.7. The van der Waals surface area contributed by atoms with E-state index >= 15 is 0 Å². The number of likely N-dealkylation sites (tertiary alicyclic amines) is 1. The first-order valence-electron chi connectivity index (χ1n) is 28.7. The molecule has 0 aliphatic carbocycles. The Balaban J connectivity index is 0.777. The second-order valence-electron chi connectivity index (χ2n) is 21.9. The van der Waals surface area contributed by atoms with E-state index in [9.17, 15) is 68.4 Å². The number of H-pyrrole nitrogens is 1. The number of nitrogens with zero attached hydrogens (tertiary/aromatic N) is 6. The molecule has 0 saturated carbocycles. The minimum Gasteiger partial charge on any atom is -0.480 e. The molecule has 9 unspecified atom stereocenters. The maximum Gasteiger partial charge on any atom is 0.327 e. The van der Waals surface area contributed by atoms with Crippen molar-refractivity contribution in [3.8, 4) is 0 Å². The van der Waals surface area contributed by atoms with Crippen molar-refractivity contribution in [1.82, 2.24) is 51.1 Å². The van der Waals surface area contributed by atoms with Crippen LogP contribution in [0.15, 0.2) is 40.4 Å². The number of aromatic amines is 1. The summed E-state index contributed by atoms with van der Waals surface area (Å²) in [7, 11) is 5.50. The van der Waals surface area contributed by atoms with Crippen LogP contribution in [0.2, 0.25) is 0 Å². The molecule has 4 aliphatic heterocycles. The van der Waals surface area contributed by atoms with E-state index in [1.54, 1.807) is 21.0 Å². The number of hydrogen-bond donors (Lipinski definition) is 11. The van der Waals surface area contributed by atoms with Crippen LogP contribution >= 0.6 is 11.8 Å². The Morgan fingerprint density at radius 2 is 1.45 bits per heavy atom. The maximum atomic E-state index is 13.3. The van der Waals surface area contributed by atoms with Crippen molar-refractivity contribution in [2.45, 2.75) is 176 Å². The zero-order chi connectivity index (χ0) is 64.8. The summed E-state index contributed by atoms with van der Waals surface area (Å²) in [6.07, 6.45) is -5.20. The van der Waals surface area contributed by atoms with Crippen LogP contribution in [-0.4, -0.2) is 228 Å². The molecule has 33 nitrogen and oxygen atoms in total. The third-order valence-corrected chi connectivity index (χ3v) is 16.4. The number of aliphatic hydroxyl groups excluding tert-OH is 1. The predicted octanol–water partition coefficient (Wildman–Crippen LogP) is -0.985. The van der Waals surface area contributed by atoms with Gasteiger partial charge in [-0.25, -0.2) is 29.8 Å². The smallest absolute Gasteiger partial charge is 0.327 e. The van der Waals surface area contributed by atoms with Gasteiger partial charge in [0.25, 0.3) is 11.5 Å². The number of imide groups is 1. The first-order chi connectivity index (χ1) is 42.3. The summed E-state index contributed by atoms with van der Waals surface area (Å²) < 4.78 is 36.2. The Kier molecular flexibility index (Phi) is 24.4. The van der Waals surface area contributed by atoms with Crippen LogP contribution in [0, 0.1) is 0 Å². The number of ether oxygens (including phenoxy) is 6. The number of nitrogens with two attached hydrogens (primary N) is 1. The highest BCUT2D eigenvalue weighted by Crippen LogP contribution is 2.33. The normalized spacial score (nSPS) is 26.1. The number of carboxylic acids is 3. The summed E-state index contributed by atoms with van der Waals surface area (Å²) >= 11 is 0.785. The molecule has 3 aromatic rings. The topological polar surface area (TPSA) is 466 Å². The number of aliphatic carboxylic acids is 3. The van der Waals surface area contributed by atoms with Gasteiger partial charge >= 0.3 is 17.9 Å². The molecule has 2 aromatic heterocycles. The highest BCUT2D eigenvalue weighted by atomic mass is 32.2. The molecule has 12 N–H and O–H groups in total. The number of aliphatic hydroxyl groups is 1. The lowest BCUT2D eigenvalue weighted by Gasteiger charge is -2.46. The van der Waals surface area contributed by atoms with Crippen molar-refractivity contribution < 1.29 is 92.0 Å². The van der Waals surface area contributed by atoms with Gasteiger partial charge in [-0.2, -0.15) is 10.1 Å². The number of carbonyl (C=O) groups is 9. The number of aromatic nitrogens is 4. The highest BCUT2D eigenvalue weighted by Gasteiger charge is 2.45. The van der Waals surface area contributed by atoms with E-state index in [4.69, 9.17) is 34.2 Å². The number of anilines is 2. The van der Waals surface area contributed by atoms with Crippen molar-refractivity contribution in [2.24, 2.45) is 5.10 Å². The van der Waals surface area contributed by atoms with E-state index in [0.29, 0.717) is 36.4 Å². The lowest BCUT2D eigenvalue weighted by atomic mass is 9.97. The van der Waals surface area contributed by atoms with Gasteiger partial charge in [0.2, 0.25) is 35.5 Å². The van der Waals surface area contributed by atoms with E-state index < -0.39 is 145 Å². The summed E-state index contributed by atoms with van der Waals surface area (Å²) in [6.45, 7) is 5.23. The summed E-state index contributed by atoms with van der Waals surface area (Å²) in [5.74, 6) is -9.59. The lowest BCUT2D eigenvalue weighted by Crippen LogP contribution is -2.58. The zero-order valence-electron chi connectivity index (χ0n) is 49.7. The number of nitrogens with one attached hydrogen (secondary N) is 6. The summed E-state index contributed by atoms with van der Waals surface area (Å²) in [5.41, 5.74) is 8.93. The molecule has 0 spiro atoms. The van der Waals surface area contributed by atoms with Gasteiger partial charge in [0.05, 0.1) is 53.8 Å². The van der Waals surface area contributed by atoms with E-state index in [-0.39, 0.29) is 85.3 Å². The fourth-order valence-corrected chi connectivity index (χ4v) is 11.4. The number of hydrazone groups is 1. The number of likely N-dealkylation sites (N-methyl/N-ethyl adjacent to an activating group) is 1. The van der Waals surface area contributed by atoms with Crippen molar-refractivity contribution in [3.63, 3.8) is 0 Å². The predicted molar refractivity (Wildman–Crippen MR) is 312 cm³/mol. The second kappa shape index (κ2) is 31.6. The molecule has 34 heteroatoms. The Labute approximate surface area is 513 Å². The first kappa shape index (κ1) is 68.7. The number of benzene rings is 1. The van der Waals surface area contributed by atoms with Crippen LogP contribution in [0.3, 0.4) is 0 Å². The summed E-state index contributed by atoms with van der Waals surface area (Å²) in [6, 6.07) is 0.989. The Morgan fingerprint density at radius 3 is 2.08 bits per heavy atom. The van der Waals surface area contributed by atoms with Crippen LogP contribution < -0.4 is 38.0 Å². The van der Waals surface area contributed by atoms with Gasteiger partial charge in [-0.1, -0.05) is 0 Å². The molecule has 4 fully saturated rings. The molecular weight excluding hydrogens is 1190 g/mol. The number of carboxylic acid groups (broad SMARTS) is 3. The fourth-order valence-electron chi connectivity index (χ4n) is 10.3. The lowest BCUT2D eigenvalue weighted by molar-refractivity contribution is -0.319. The first-order valence-corrected chi connectivity index (χ1v) is 29.7. The van der Waals surface area contributed by atoms with Crippen molar-refractivity contribution in [2.75, 3.05) is 44.6 Å². The molecule has 0 radical (unpaired) electrons. The fraction of sp³-hybridized carbons (Fsp3) is 0.600. The second-order valence-corrected chi connectivity index (χ2v) is 23.1. The monoisotopic (exact) mass is 1270 g/mol. The Hall–Kier alpha value is -7.83. The third kappa shape index (κ3) is 19.1. The van der Waals surface area contributed by atoms with Crippen molar-refractivity contribution in [3.05, 3.63) is 52.1 Å². The van der Waals surface area contributed by atoms with Crippen molar-refractivity contribution >= 4 is 93.6 Å². The van der Waals surface area contributed by atoms with Gasteiger partial charge in [-0.05, 0) is 78.4 Å². The van der Waals surface area contributed by atoms with Gasteiger partial charge in [-0.3, -0.25) is 43.4 Å². The van der Waals surface area contributed by atoms with Crippen LogP contribution in [-0.2, 0) is 73.3 Å². The average Bonchev–Trinajstić information content (AvgIpc) is 2.00. The number of carbonyl (C=O) groups excluding carboxylic acids is 6. The molecule has 7 rings (SSSR count). The van der Waals surface area contributed by atoms with Crippen LogP contribution in [0.5, 0.6) is 0 Å². The minimum absolute atomic E-state index is 0.0135. The molecular formula is C55H75N13O20S. The molecule has 4 aliphatic rings. The number of rotatable bonds is 29. The number of nitrogen functional groups attached to an aromatic ring is 1. The van der Waals surface area contributed by atoms with E-state index in [2.05, 4.69) is 51.7 Å². The number of hydrogen-bond acceptors (Lipinski definition) is 25. The maximum absolute atomic E-state index is 13.3. The zero-order valence-corrected chi connectivity index (χ0v) is 50.5. The third-order valence-electron chi connectivity index (χ3n) is 15.1. The molecule has 486 valence electrons. The quantitative estimate of drug-likeness (QED) is 0.0294.